The van der Waals surface area contributed by atoms with Gasteiger partial charge in [0.25, 0.3) is 0 Å². The normalized spacial score (nSPS) is 18.5. The minimum absolute atomic E-state index is 0.0772. The Morgan fingerprint density at radius 2 is 2.15 bits per heavy atom. The summed E-state index contributed by atoms with van der Waals surface area (Å²) in [4.78, 5) is 11.3. The van der Waals surface area contributed by atoms with Crippen LogP contribution in [0.5, 0.6) is 0 Å². The summed E-state index contributed by atoms with van der Waals surface area (Å²) in [7, 11) is 0. The van der Waals surface area contributed by atoms with Gasteiger partial charge in [-0.2, -0.15) is 0 Å². The molecule has 0 radical (unpaired) electrons. The Bertz CT molecular complexity index is 178. The fraction of sp³-hybridized carbons (Fsp3) is 0.889. The van der Waals surface area contributed by atoms with E-state index >= 15 is 0 Å². The number of urea groups is 1. The highest BCUT2D eigenvalue weighted by Gasteiger charge is 2.24. The molecule has 0 aliphatic heterocycles. The summed E-state index contributed by atoms with van der Waals surface area (Å²) in [6.45, 7) is 4.60. The fourth-order valence-corrected chi connectivity index (χ4v) is 1.12. The zero-order chi connectivity index (χ0) is 9.84. The molecule has 1 aliphatic carbocycles. The van der Waals surface area contributed by atoms with Crippen LogP contribution in [0.25, 0.3) is 0 Å². The van der Waals surface area contributed by atoms with Crippen LogP contribution in [0.3, 0.4) is 0 Å². The molecule has 76 valence electrons. The lowest BCUT2D eigenvalue weighted by molar-refractivity contribution is 0.233. The van der Waals surface area contributed by atoms with Crippen molar-refractivity contribution < 1.29 is 4.79 Å². The maximum atomic E-state index is 11.3. The topological polar surface area (TPSA) is 67.1 Å². The Morgan fingerprint density at radius 1 is 1.54 bits per heavy atom. The zero-order valence-corrected chi connectivity index (χ0v) is 8.34. The van der Waals surface area contributed by atoms with E-state index in [1.807, 2.05) is 0 Å². The van der Waals surface area contributed by atoms with Crippen molar-refractivity contribution in [3.8, 4) is 0 Å². The smallest absolute Gasteiger partial charge is 0.315 e. The highest BCUT2D eigenvalue weighted by atomic mass is 16.2. The summed E-state index contributed by atoms with van der Waals surface area (Å²) in [6.07, 6.45) is 2.23. The molecule has 0 bridgehead atoms. The molecule has 1 unspecified atom stereocenters. The van der Waals surface area contributed by atoms with Gasteiger partial charge in [0.2, 0.25) is 0 Å². The second kappa shape index (κ2) is 4.46. The summed E-state index contributed by atoms with van der Waals surface area (Å²) in [5, 5.41) is 5.73. The van der Waals surface area contributed by atoms with E-state index in [4.69, 9.17) is 5.73 Å². The van der Waals surface area contributed by atoms with Crippen LogP contribution in [0, 0.1) is 5.92 Å². The van der Waals surface area contributed by atoms with Gasteiger partial charge in [0.15, 0.2) is 0 Å². The number of hydrogen-bond donors (Lipinski definition) is 3. The lowest BCUT2D eigenvalue weighted by Gasteiger charge is -2.20. The maximum Gasteiger partial charge on any atom is 0.315 e. The van der Waals surface area contributed by atoms with Crippen LogP contribution in [0.4, 0.5) is 4.79 Å². The quantitative estimate of drug-likeness (QED) is 0.594. The number of carbonyl (C=O) groups excluding carboxylic acids is 1. The van der Waals surface area contributed by atoms with Gasteiger partial charge in [-0.05, 0) is 18.8 Å². The van der Waals surface area contributed by atoms with Gasteiger partial charge in [-0.15, -0.1) is 0 Å². The average molecular weight is 185 g/mol. The lowest BCUT2D eigenvalue weighted by Crippen LogP contribution is -2.48. The monoisotopic (exact) mass is 185 g/mol. The van der Waals surface area contributed by atoms with Crippen molar-refractivity contribution in [2.24, 2.45) is 11.7 Å². The van der Waals surface area contributed by atoms with Crippen molar-refractivity contribution in [1.82, 2.24) is 10.6 Å². The minimum atomic E-state index is -0.0772. The van der Waals surface area contributed by atoms with Crippen molar-refractivity contribution >= 4 is 6.03 Å². The molecule has 1 saturated carbocycles. The molecule has 0 heterocycles. The van der Waals surface area contributed by atoms with E-state index in [0.29, 0.717) is 18.5 Å². The summed E-state index contributed by atoms with van der Waals surface area (Å²) >= 11 is 0. The van der Waals surface area contributed by atoms with E-state index in [9.17, 15) is 4.79 Å². The van der Waals surface area contributed by atoms with Crippen LogP contribution in [-0.2, 0) is 0 Å². The lowest BCUT2D eigenvalue weighted by atomic mass is 10.1. The van der Waals surface area contributed by atoms with E-state index in [2.05, 4.69) is 24.5 Å². The highest BCUT2D eigenvalue weighted by molar-refractivity contribution is 5.74. The van der Waals surface area contributed by atoms with Gasteiger partial charge in [-0.3, -0.25) is 0 Å². The van der Waals surface area contributed by atoms with Crippen molar-refractivity contribution in [3.63, 3.8) is 0 Å². The van der Waals surface area contributed by atoms with E-state index in [1.165, 1.54) is 0 Å². The first-order valence-electron chi connectivity index (χ1n) is 4.90. The highest BCUT2D eigenvalue weighted by Crippen LogP contribution is 2.18. The first-order chi connectivity index (χ1) is 6.13. The van der Waals surface area contributed by atoms with Crippen molar-refractivity contribution in [2.75, 3.05) is 6.54 Å². The molecule has 4 N–H and O–H groups in total. The number of rotatable bonds is 4. The first kappa shape index (κ1) is 10.3. The molecule has 4 heteroatoms. The van der Waals surface area contributed by atoms with Gasteiger partial charge in [0.1, 0.15) is 0 Å². The van der Waals surface area contributed by atoms with Crippen LogP contribution in [0.15, 0.2) is 0 Å². The number of hydrogen-bond acceptors (Lipinski definition) is 2. The van der Waals surface area contributed by atoms with Gasteiger partial charge in [0.05, 0.1) is 0 Å². The van der Waals surface area contributed by atoms with Crippen LogP contribution in [0.2, 0.25) is 0 Å². The summed E-state index contributed by atoms with van der Waals surface area (Å²) in [6, 6.07) is 0.413. The summed E-state index contributed by atoms with van der Waals surface area (Å²) in [5.74, 6) is 0.384. The molecule has 0 aromatic rings. The molecule has 1 fully saturated rings. The Kier molecular flexibility index (Phi) is 3.54. The van der Waals surface area contributed by atoms with Crippen LogP contribution in [0.1, 0.15) is 26.7 Å². The average Bonchev–Trinajstić information content (AvgIpc) is 2.83. The number of nitrogens with two attached hydrogens (primary N) is 1. The maximum absolute atomic E-state index is 11.3. The van der Waals surface area contributed by atoms with Gasteiger partial charge >= 0.3 is 6.03 Å². The molecule has 13 heavy (non-hydrogen) atoms. The summed E-state index contributed by atoms with van der Waals surface area (Å²) in [5.41, 5.74) is 5.53. The van der Waals surface area contributed by atoms with E-state index < -0.39 is 0 Å². The molecule has 1 atom stereocenters. The van der Waals surface area contributed by atoms with Gasteiger partial charge in [-0.25, -0.2) is 4.79 Å². The van der Waals surface area contributed by atoms with Crippen molar-refractivity contribution in [1.29, 1.82) is 0 Å². The Morgan fingerprint density at radius 3 is 2.54 bits per heavy atom. The molecular formula is C9H19N3O. The molecule has 1 rings (SSSR count). The van der Waals surface area contributed by atoms with Gasteiger partial charge in [-0.1, -0.05) is 13.8 Å². The third kappa shape index (κ3) is 3.63. The molecule has 0 saturated heterocycles. The van der Waals surface area contributed by atoms with Crippen LogP contribution >= 0.6 is 0 Å². The molecule has 0 spiro atoms. The molecule has 1 aliphatic rings. The van der Waals surface area contributed by atoms with Crippen molar-refractivity contribution in [3.05, 3.63) is 0 Å². The fourth-order valence-electron chi connectivity index (χ4n) is 1.12. The minimum Gasteiger partial charge on any atom is -0.335 e. The third-order valence-electron chi connectivity index (χ3n) is 2.29. The molecular weight excluding hydrogens is 166 g/mol. The molecule has 2 amide bonds. The Hall–Kier alpha value is -0.770. The standard InChI is InChI=1S/C9H19N3O/c1-6(2)8(5-10)12-9(13)11-7-3-4-7/h6-8H,3-5,10H2,1-2H3,(H2,11,12,13). The first-order valence-corrected chi connectivity index (χ1v) is 4.90. The zero-order valence-electron chi connectivity index (χ0n) is 8.34. The molecule has 0 aromatic heterocycles. The van der Waals surface area contributed by atoms with Crippen LogP contribution in [-0.4, -0.2) is 24.7 Å². The Balaban J connectivity index is 2.22. The van der Waals surface area contributed by atoms with Gasteiger partial charge in [0, 0.05) is 18.6 Å². The predicted octanol–water partition coefficient (Wildman–Crippen LogP) is 0.431. The Labute approximate surface area is 79.3 Å². The van der Waals surface area contributed by atoms with Crippen molar-refractivity contribution in [2.45, 2.75) is 38.8 Å². The third-order valence-corrected chi connectivity index (χ3v) is 2.29. The SMILES string of the molecule is CC(C)C(CN)NC(=O)NC1CC1. The van der Waals surface area contributed by atoms with E-state index in [-0.39, 0.29) is 12.1 Å². The van der Waals surface area contributed by atoms with Crippen LogP contribution < -0.4 is 16.4 Å². The number of carbonyl (C=O) groups is 1. The number of nitrogens with one attached hydrogen (secondary N) is 2. The van der Waals surface area contributed by atoms with Gasteiger partial charge < -0.3 is 16.4 Å². The van der Waals surface area contributed by atoms with E-state index in [1.54, 1.807) is 0 Å². The second-order valence-electron chi connectivity index (χ2n) is 3.98. The summed E-state index contributed by atoms with van der Waals surface area (Å²) < 4.78 is 0. The largest absolute Gasteiger partial charge is 0.335 e. The number of amides is 2. The second-order valence-corrected chi connectivity index (χ2v) is 3.98. The molecule has 4 nitrogen and oxygen atoms in total. The predicted molar refractivity (Wildman–Crippen MR) is 52.4 cm³/mol. The van der Waals surface area contributed by atoms with E-state index in [0.717, 1.165) is 12.8 Å². The molecule has 0 aromatic carbocycles.